The van der Waals surface area contributed by atoms with Crippen LogP contribution in [0.15, 0.2) is 45.1 Å². The lowest BCUT2D eigenvalue weighted by atomic mass is 9.90. The van der Waals surface area contributed by atoms with Crippen molar-refractivity contribution >= 4 is 5.97 Å². The molecule has 3 nitrogen and oxygen atoms in total. The zero-order chi connectivity index (χ0) is 17.0. The van der Waals surface area contributed by atoms with E-state index >= 15 is 0 Å². The van der Waals surface area contributed by atoms with Gasteiger partial charge >= 0.3 is 5.97 Å². The summed E-state index contributed by atoms with van der Waals surface area (Å²) in [4.78, 5) is 11.7. The van der Waals surface area contributed by atoms with Gasteiger partial charge in [0.05, 0.1) is 6.26 Å². The third-order valence-electron chi connectivity index (χ3n) is 4.34. The predicted octanol–water partition coefficient (Wildman–Crippen LogP) is 5.20. The minimum Gasteiger partial charge on any atom is -0.468 e. The molecular formula is C20H26O3. The van der Waals surface area contributed by atoms with E-state index in [-0.39, 0.29) is 12.6 Å². The molecule has 23 heavy (non-hydrogen) atoms. The lowest BCUT2D eigenvalue weighted by molar-refractivity contribution is -0.139. The van der Waals surface area contributed by atoms with E-state index in [9.17, 15) is 4.79 Å². The van der Waals surface area contributed by atoms with E-state index in [0.29, 0.717) is 0 Å². The fourth-order valence-electron chi connectivity index (χ4n) is 2.74. The van der Waals surface area contributed by atoms with Crippen molar-refractivity contribution in [3.8, 4) is 0 Å². The van der Waals surface area contributed by atoms with Crippen LogP contribution in [0.4, 0.5) is 0 Å². The normalized spacial score (nSPS) is 14.6. The van der Waals surface area contributed by atoms with Crippen LogP contribution < -0.4 is 0 Å². The highest BCUT2D eigenvalue weighted by molar-refractivity contribution is 5.82. The van der Waals surface area contributed by atoms with Gasteiger partial charge < -0.3 is 9.15 Å². The summed E-state index contributed by atoms with van der Waals surface area (Å²) in [5, 5.41) is 0. The number of aryl methyl sites for hydroxylation is 1. The number of hydrogen-bond acceptors (Lipinski definition) is 3. The maximum Gasteiger partial charge on any atom is 0.331 e. The minimum absolute atomic E-state index is 0.259. The van der Waals surface area contributed by atoms with Crippen LogP contribution in [-0.2, 0) is 22.6 Å². The molecule has 0 bridgehead atoms. The van der Waals surface area contributed by atoms with Crippen molar-refractivity contribution < 1.29 is 13.9 Å². The highest BCUT2D eigenvalue weighted by atomic mass is 16.5. The zero-order valence-corrected chi connectivity index (χ0v) is 14.8. The molecule has 1 aliphatic carbocycles. The van der Waals surface area contributed by atoms with Crippen molar-refractivity contribution in [1.82, 2.24) is 0 Å². The monoisotopic (exact) mass is 314 g/mol. The molecule has 0 aliphatic heterocycles. The number of carbonyl (C=O) groups is 1. The molecule has 1 aliphatic rings. The molecule has 2 rings (SSSR count). The number of hydrogen-bond donors (Lipinski definition) is 0. The van der Waals surface area contributed by atoms with Gasteiger partial charge in [0.2, 0.25) is 0 Å². The summed E-state index contributed by atoms with van der Waals surface area (Å²) >= 11 is 0. The molecule has 0 atom stereocenters. The fourth-order valence-corrected chi connectivity index (χ4v) is 2.74. The van der Waals surface area contributed by atoms with E-state index in [1.165, 1.54) is 22.8 Å². The van der Waals surface area contributed by atoms with Crippen molar-refractivity contribution in [2.45, 2.75) is 60.5 Å². The van der Waals surface area contributed by atoms with Gasteiger partial charge in [0.1, 0.15) is 12.4 Å². The molecule has 0 radical (unpaired) electrons. The van der Waals surface area contributed by atoms with Crippen LogP contribution in [0.5, 0.6) is 0 Å². The van der Waals surface area contributed by atoms with Crippen LogP contribution >= 0.6 is 0 Å². The Morgan fingerprint density at radius 1 is 1.30 bits per heavy atom. The summed E-state index contributed by atoms with van der Waals surface area (Å²) in [6.07, 6.45) is 8.53. The topological polar surface area (TPSA) is 39.4 Å². The van der Waals surface area contributed by atoms with Gasteiger partial charge in [0.25, 0.3) is 0 Å². The Balaban J connectivity index is 2.12. The molecule has 0 fully saturated rings. The molecule has 0 saturated heterocycles. The Morgan fingerprint density at radius 3 is 2.74 bits per heavy atom. The summed E-state index contributed by atoms with van der Waals surface area (Å²) in [6, 6.07) is 0. The van der Waals surface area contributed by atoms with E-state index in [1.54, 1.807) is 6.26 Å². The van der Waals surface area contributed by atoms with Gasteiger partial charge in [-0.1, -0.05) is 17.2 Å². The minimum atomic E-state index is -0.305. The van der Waals surface area contributed by atoms with Crippen LogP contribution in [-0.4, -0.2) is 5.97 Å². The van der Waals surface area contributed by atoms with Crippen molar-refractivity contribution in [2.24, 2.45) is 0 Å². The SMILES string of the molecule is CC(C)=CC(=O)OCc1c(C)coc1CC1=CCCC(C)=C1C. The first-order valence-electron chi connectivity index (χ1n) is 8.11. The van der Waals surface area contributed by atoms with E-state index < -0.39 is 0 Å². The third kappa shape index (κ3) is 4.47. The van der Waals surface area contributed by atoms with Gasteiger partial charge in [-0.2, -0.15) is 0 Å². The highest BCUT2D eigenvalue weighted by Crippen LogP contribution is 2.29. The van der Waals surface area contributed by atoms with Crippen molar-refractivity contribution in [3.63, 3.8) is 0 Å². The van der Waals surface area contributed by atoms with E-state index in [4.69, 9.17) is 9.15 Å². The third-order valence-corrected chi connectivity index (χ3v) is 4.34. The molecule has 0 spiro atoms. The summed E-state index contributed by atoms with van der Waals surface area (Å²) in [6.45, 7) is 10.4. The molecule has 1 aromatic rings. The Labute approximate surface area is 138 Å². The molecule has 0 N–H and O–H groups in total. The maximum atomic E-state index is 11.7. The first-order chi connectivity index (χ1) is 10.9. The average molecular weight is 314 g/mol. The number of rotatable bonds is 5. The summed E-state index contributed by atoms with van der Waals surface area (Å²) in [5.41, 5.74) is 7.07. The van der Waals surface area contributed by atoms with Crippen LogP contribution in [0.1, 0.15) is 57.4 Å². The standard InChI is InChI=1S/C20H26O3/c1-13(2)9-20(21)23-12-18-15(4)11-22-19(18)10-17-8-6-7-14(3)16(17)5/h8-9,11H,6-7,10,12H2,1-5H3. The average Bonchev–Trinajstić information content (AvgIpc) is 2.81. The summed E-state index contributed by atoms with van der Waals surface area (Å²) in [5.74, 6) is 0.591. The number of esters is 1. The van der Waals surface area contributed by atoms with Crippen molar-refractivity contribution in [1.29, 1.82) is 0 Å². The van der Waals surface area contributed by atoms with Crippen LogP contribution in [0.3, 0.4) is 0 Å². The van der Waals surface area contributed by atoms with Gasteiger partial charge in [0.15, 0.2) is 0 Å². The lowest BCUT2D eigenvalue weighted by Crippen LogP contribution is -2.05. The molecule has 124 valence electrons. The summed E-state index contributed by atoms with van der Waals surface area (Å²) < 4.78 is 11.1. The van der Waals surface area contributed by atoms with Gasteiger partial charge in [-0.15, -0.1) is 0 Å². The second-order valence-electron chi connectivity index (χ2n) is 6.50. The number of carbonyl (C=O) groups excluding carboxylic acids is 1. The number of allylic oxidation sites excluding steroid dienone is 5. The molecule has 0 unspecified atom stereocenters. The van der Waals surface area contributed by atoms with Crippen LogP contribution in [0.2, 0.25) is 0 Å². The molecule has 0 aromatic carbocycles. The maximum absolute atomic E-state index is 11.7. The lowest BCUT2D eigenvalue weighted by Gasteiger charge is -2.17. The molecular weight excluding hydrogens is 288 g/mol. The van der Waals surface area contributed by atoms with Gasteiger partial charge in [-0.3, -0.25) is 0 Å². The van der Waals surface area contributed by atoms with E-state index in [2.05, 4.69) is 19.9 Å². The Kier molecular flexibility index (Phi) is 5.64. The van der Waals surface area contributed by atoms with Crippen molar-refractivity contribution in [3.05, 3.63) is 57.6 Å². The largest absolute Gasteiger partial charge is 0.468 e. The first-order valence-corrected chi connectivity index (χ1v) is 8.11. The molecule has 1 aromatic heterocycles. The number of furan rings is 1. The quantitative estimate of drug-likeness (QED) is 0.554. The van der Waals surface area contributed by atoms with E-state index in [0.717, 1.165) is 41.7 Å². The Hall–Kier alpha value is -2.03. The molecule has 3 heteroatoms. The van der Waals surface area contributed by atoms with Crippen molar-refractivity contribution in [2.75, 3.05) is 0 Å². The molecule has 0 saturated carbocycles. The highest BCUT2D eigenvalue weighted by Gasteiger charge is 2.17. The van der Waals surface area contributed by atoms with Crippen LogP contribution in [0.25, 0.3) is 0 Å². The van der Waals surface area contributed by atoms with Crippen LogP contribution in [0, 0.1) is 6.92 Å². The molecule has 1 heterocycles. The predicted molar refractivity (Wildman–Crippen MR) is 92.1 cm³/mol. The fraction of sp³-hybridized carbons (Fsp3) is 0.450. The van der Waals surface area contributed by atoms with Gasteiger partial charge in [-0.25, -0.2) is 4.79 Å². The number of ether oxygens (including phenoxy) is 1. The Morgan fingerprint density at radius 2 is 2.04 bits per heavy atom. The van der Waals surface area contributed by atoms with Gasteiger partial charge in [0, 0.05) is 18.1 Å². The smallest absolute Gasteiger partial charge is 0.331 e. The summed E-state index contributed by atoms with van der Waals surface area (Å²) in [7, 11) is 0. The molecule has 0 amide bonds. The van der Waals surface area contributed by atoms with Gasteiger partial charge in [-0.05, 0) is 64.2 Å². The Bertz CT molecular complexity index is 680. The second-order valence-corrected chi connectivity index (χ2v) is 6.50. The van der Waals surface area contributed by atoms with E-state index in [1.807, 2.05) is 20.8 Å². The second kappa shape index (κ2) is 7.49. The zero-order valence-electron chi connectivity index (χ0n) is 14.8. The first kappa shape index (κ1) is 17.3.